The quantitative estimate of drug-likeness (QED) is 0.750. The Bertz CT molecular complexity index is 340. The zero-order valence-electron chi connectivity index (χ0n) is 5.44. The Hall–Kier alpha value is -0.680. The molecule has 11 heavy (non-hydrogen) atoms. The van der Waals surface area contributed by atoms with Gasteiger partial charge in [0.25, 0.3) is 0 Å². The molecule has 0 atom stereocenters. The lowest BCUT2D eigenvalue weighted by molar-refractivity contribution is 1.08. The van der Waals surface area contributed by atoms with Crippen LogP contribution in [0.4, 0.5) is 0 Å². The van der Waals surface area contributed by atoms with Gasteiger partial charge in [-0.25, -0.2) is 4.98 Å². The summed E-state index contributed by atoms with van der Waals surface area (Å²) in [5.41, 5.74) is 1.79. The second kappa shape index (κ2) is 2.75. The molecule has 0 spiro atoms. The summed E-state index contributed by atoms with van der Waals surface area (Å²) in [6.07, 6.45) is 5.45. The number of hydrogen-bond donors (Lipinski definition) is 0. The highest BCUT2D eigenvalue weighted by molar-refractivity contribution is 9.10. The zero-order chi connectivity index (χ0) is 7.68. The molecule has 5 heteroatoms. The summed E-state index contributed by atoms with van der Waals surface area (Å²) in [7, 11) is 0. The molecule has 0 aliphatic rings. The summed E-state index contributed by atoms with van der Waals surface area (Å²) in [6, 6.07) is 0. The van der Waals surface area contributed by atoms with Crippen molar-refractivity contribution < 1.29 is 0 Å². The molecule has 0 amide bonds. The number of thiazole rings is 1. The number of hydrogen-bond acceptors (Lipinski definition) is 3. The Labute approximate surface area is 75.9 Å². The van der Waals surface area contributed by atoms with Crippen molar-refractivity contribution in [3.05, 3.63) is 28.8 Å². The van der Waals surface area contributed by atoms with Gasteiger partial charge in [-0.05, 0) is 15.9 Å². The zero-order valence-corrected chi connectivity index (χ0v) is 7.84. The summed E-state index contributed by atoms with van der Waals surface area (Å²) >= 11 is 4.85. The van der Waals surface area contributed by atoms with Crippen LogP contribution in [0.5, 0.6) is 0 Å². The smallest absolute Gasteiger partial charge is 0.124 e. The molecule has 0 N–H and O–H groups in total. The van der Waals surface area contributed by atoms with E-state index in [4.69, 9.17) is 0 Å². The third-order valence-electron chi connectivity index (χ3n) is 1.22. The first-order chi connectivity index (χ1) is 5.36. The molecule has 0 unspecified atom stereocenters. The van der Waals surface area contributed by atoms with Gasteiger partial charge in [-0.3, -0.25) is 9.55 Å². The van der Waals surface area contributed by atoms with Gasteiger partial charge in [0.1, 0.15) is 15.9 Å². The molecule has 2 aromatic rings. The van der Waals surface area contributed by atoms with Crippen LogP contribution in [-0.2, 0) is 0 Å². The normalized spacial score (nSPS) is 10.3. The molecule has 0 fully saturated rings. The average molecular weight is 230 g/mol. The van der Waals surface area contributed by atoms with Gasteiger partial charge in [0.15, 0.2) is 0 Å². The highest BCUT2D eigenvalue weighted by atomic mass is 79.9. The number of rotatable bonds is 1. The van der Waals surface area contributed by atoms with E-state index in [9.17, 15) is 0 Å². The van der Waals surface area contributed by atoms with Crippen molar-refractivity contribution in [2.75, 3.05) is 0 Å². The average Bonchev–Trinajstić information content (AvgIpc) is 2.55. The topological polar surface area (TPSA) is 30.7 Å². The molecular weight excluding hydrogens is 226 g/mol. The van der Waals surface area contributed by atoms with Gasteiger partial charge in [-0.2, -0.15) is 0 Å². The standard InChI is InChI=1S/C6H4BrN3S/c7-5-2-10(3-9-5)6-1-8-4-11-6/h1-4H. The van der Waals surface area contributed by atoms with Gasteiger partial charge in [0.05, 0.1) is 11.7 Å². The first-order valence-corrected chi connectivity index (χ1v) is 4.62. The first kappa shape index (κ1) is 7.00. The van der Waals surface area contributed by atoms with Crippen LogP contribution in [-0.4, -0.2) is 14.5 Å². The maximum atomic E-state index is 4.03. The van der Waals surface area contributed by atoms with E-state index >= 15 is 0 Å². The lowest BCUT2D eigenvalue weighted by atomic mass is 10.8. The summed E-state index contributed by atoms with van der Waals surface area (Å²) in [5, 5.41) is 1.07. The minimum absolute atomic E-state index is 0.839. The summed E-state index contributed by atoms with van der Waals surface area (Å²) in [6.45, 7) is 0. The van der Waals surface area contributed by atoms with Crippen LogP contribution in [0.2, 0.25) is 0 Å². The third-order valence-corrected chi connectivity index (χ3v) is 2.42. The summed E-state index contributed by atoms with van der Waals surface area (Å²) < 4.78 is 2.76. The molecule has 0 saturated heterocycles. The number of aromatic nitrogens is 3. The van der Waals surface area contributed by atoms with Gasteiger partial charge in [0, 0.05) is 6.20 Å². The van der Waals surface area contributed by atoms with Crippen LogP contribution in [0.15, 0.2) is 28.8 Å². The van der Waals surface area contributed by atoms with Gasteiger partial charge < -0.3 is 0 Å². The van der Waals surface area contributed by atoms with Crippen molar-refractivity contribution in [3.63, 3.8) is 0 Å². The second-order valence-electron chi connectivity index (χ2n) is 1.94. The van der Waals surface area contributed by atoms with Crippen molar-refractivity contribution in [2.45, 2.75) is 0 Å². The monoisotopic (exact) mass is 229 g/mol. The van der Waals surface area contributed by atoms with Crippen LogP contribution >= 0.6 is 27.3 Å². The van der Waals surface area contributed by atoms with E-state index in [0.717, 1.165) is 9.60 Å². The van der Waals surface area contributed by atoms with E-state index in [1.807, 2.05) is 10.8 Å². The van der Waals surface area contributed by atoms with Crippen LogP contribution in [0.3, 0.4) is 0 Å². The van der Waals surface area contributed by atoms with Crippen LogP contribution in [0.25, 0.3) is 5.00 Å². The van der Waals surface area contributed by atoms with Crippen LogP contribution in [0.1, 0.15) is 0 Å². The number of halogens is 1. The largest absolute Gasteiger partial charge is 0.295 e. The van der Waals surface area contributed by atoms with E-state index in [1.54, 1.807) is 29.4 Å². The first-order valence-electron chi connectivity index (χ1n) is 2.94. The Balaban J connectivity index is 2.45. The second-order valence-corrected chi connectivity index (χ2v) is 3.62. The van der Waals surface area contributed by atoms with Crippen LogP contribution in [0, 0.1) is 0 Å². The minimum Gasteiger partial charge on any atom is -0.295 e. The maximum Gasteiger partial charge on any atom is 0.124 e. The molecule has 56 valence electrons. The molecule has 0 radical (unpaired) electrons. The predicted molar refractivity (Wildman–Crippen MR) is 46.9 cm³/mol. The van der Waals surface area contributed by atoms with E-state index in [0.29, 0.717) is 0 Å². The molecule has 0 aliphatic heterocycles. The molecule has 0 aliphatic carbocycles. The van der Waals surface area contributed by atoms with E-state index in [2.05, 4.69) is 25.9 Å². The highest BCUT2D eigenvalue weighted by Crippen LogP contribution is 2.14. The molecule has 0 aromatic carbocycles. The van der Waals surface area contributed by atoms with Gasteiger partial charge in [-0.15, -0.1) is 11.3 Å². The van der Waals surface area contributed by atoms with E-state index in [-0.39, 0.29) is 0 Å². The maximum absolute atomic E-state index is 4.03. The Morgan fingerprint density at radius 1 is 1.55 bits per heavy atom. The van der Waals surface area contributed by atoms with Crippen molar-refractivity contribution in [2.24, 2.45) is 0 Å². The lowest BCUT2D eigenvalue weighted by Crippen LogP contribution is -1.82. The Morgan fingerprint density at radius 3 is 3.00 bits per heavy atom. The fourth-order valence-electron chi connectivity index (χ4n) is 0.756. The van der Waals surface area contributed by atoms with Crippen molar-refractivity contribution >= 4 is 27.3 Å². The fraction of sp³-hybridized carbons (Fsp3) is 0. The number of nitrogens with zero attached hydrogens (tertiary/aromatic N) is 3. The third kappa shape index (κ3) is 1.34. The van der Waals surface area contributed by atoms with Gasteiger partial charge in [-0.1, -0.05) is 0 Å². The highest BCUT2D eigenvalue weighted by Gasteiger charge is 1.97. The van der Waals surface area contributed by atoms with Crippen molar-refractivity contribution in [3.8, 4) is 5.00 Å². The molecule has 2 aromatic heterocycles. The SMILES string of the molecule is Brc1cn(-c2cncs2)cn1. The molecule has 0 bridgehead atoms. The van der Waals surface area contributed by atoms with Gasteiger partial charge in [0.2, 0.25) is 0 Å². The molecule has 2 heterocycles. The summed E-state index contributed by atoms with van der Waals surface area (Å²) in [4.78, 5) is 7.99. The molecule has 3 nitrogen and oxygen atoms in total. The number of imidazole rings is 1. The lowest BCUT2D eigenvalue weighted by Gasteiger charge is -1.91. The van der Waals surface area contributed by atoms with Crippen molar-refractivity contribution in [1.82, 2.24) is 14.5 Å². The fourth-order valence-corrected chi connectivity index (χ4v) is 1.64. The van der Waals surface area contributed by atoms with Gasteiger partial charge >= 0.3 is 0 Å². The van der Waals surface area contributed by atoms with Crippen molar-refractivity contribution in [1.29, 1.82) is 0 Å². The van der Waals surface area contributed by atoms with E-state index < -0.39 is 0 Å². The molecular formula is C6H4BrN3S. The minimum atomic E-state index is 0.839. The molecule has 2 rings (SSSR count). The van der Waals surface area contributed by atoms with E-state index in [1.165, 1.54) is 0 Å². The molecule has 0 saturated carbocycles. The van der Waals surface area contributed by atoms with Crippen LogP contribution < -0.4 is 0 Å². The summed E-state index contributed by atoms with van der Waals surface area (Å²) in [5.74, 6) is 0. The Morgan fingerprint density at radius 2 is 2.45 bits per heavy atom. The Kier molecular flexibility index (Phi) is 1.75. The predicted octanol–water partition coefficient (Wildman–Crippen LogP) is 2.09.